The first-order chi connectivity index (χ1) is 9.32. The predicted octanol–water partition coefficient (Wildman–Crippen LogP) is 4.51. The minimum atomic E-state index is -0.107. The molecule has 2 heterocycles. The van der Waals surface area contributed by atoms with Crippen molar-refractivity contribution in [3.8, 4) is 10.7 Å². The van der Waals surface area contributed by atoms with Gasteiger partial charge in [-0.05, 0) is 39.9 Å². The largest absolute Gasteiger partial charge is 0.305 e. The summed E-state index contributed by atoms with van der Waals surface area (Å²) in [5.74, 6) is 0.669. The fourth-order valence-electron chi connectivity index (χ4n) is 1.89. The van der Waals surface area contributed by atoms with Gasteiger partial charge in [0.1, 0.15) is 4.47 Å². The van der Waals surface area contributed by atoms with Gasteiger partial charge in [0.15, 0.2) is 5.82 Å². The number of aryl methyl sites for hydroxylation is 1. The van der Waals surface area contributed by atoms with E-state index < -0.39 is 0 Å². The number of aromatic amines is 1. The van der Waals surface area contributed by atoms with E-state index in [1.54, 1.807) is 11.3 Å². The van der Waals surface area contributed by atoms with Crippen LogP contribution in [0.1, 0.15) is 44.7 Å². The van der Waals surface area contributed by atoms with Crippen LogP contribution in [0.15, 0.2) is 21.4 Å². The molecule has 2 aromatic heterocycles. The third-order valence-electron chi connectivity index (χ3n) is 3.00. The van der Waals surface area contributed by atoms with Gasteiger partial charge in [-0.2, -0.15) is 0 Å². The molecule has 0 atom stereocenters. The summed E-state index contributed by atoms with van der Waals surface area (Å²) in [6.45, 7) is 8.63. The molecule has 20 heavy (non-hydrogen) atoms. The van der Waals surface area contributed by atoms with Crippen molar-refractivity contribution in [1.82, 2.24) is 9.97 Å². The van der Waals surface area contributed by atoms with E-state index >= 15 is 0 Å². The fraction of sp³-hybridized carbons (Fsp3) is 0.467. The van der Waals surface area contributed by atoms with Crippen LogP contribution in [0.5, 0.6) is 0 Å². The number of hydrogen-bond donors (Lipinski definition) is 1. The molecule has 5 heteroatoms. The number of rotatable bonds is 3. The standard InChI is InChI=1S/C15H19BrN2OS/c1-5-6-9-12(16)14(19)18-13(17-9)10-7-8-11(20-10)15(2,3)4/h7-8H,5-6H2,1-4H3,(H,17,18,19). The number of nitrogens with one attached hydrogen (secondary N) is 1. The predicted molar refractivity (Wildman–Crippen MR) is 88.6 cm³/mol. The average molecular weight is 355 g/mol. The second-order valence-corrected chi connectivity index (χ2v) is 7.72. The van der Waals surface area contributed by atoms with Crippen LogP contribution in [-0.2, 0) is 11.8 Å². The maximum absolute atomic E-state index is 12.0. The number of nitrogens with zero attached hydrogens (tertiary/aromatic N) is 1. The SMILES string of the molecule is CCCc1nc(-c2ccc(C(C)(C)C)s2)[nH]c(=O)c1Br. The van der Waals surface area contributed by atoms with Crippen LogP contribution in [0.3, 0.4) is 0 Å². The Kier molecular flexibility index (Phi) is 4.49. The van der Waals surface area contributed by atoms with Crippen molar-refractivity contribution in [2.24, 2.45) is 0 Å². The van der Waals surface area contributed by atoms with Crippen molar-refractivity contribution in [2.75, 3.05) is 0 Å². The summed E-state index contributed by atoms with van der Waals surface area (Å²) in [5.41, 5.74) is 0.839. The molecule has 1 N–H and O–H groups in total. The van der Waals surface area contributed by atoms with Gasteiger partial charge in [0.05, 0.1) is 10.6 Å². The number of H-pyrrole nitrogens is 1. The maximum atomic E-state index is 12.0. The summed E-state index contributed by atoms with van der Waals surface area (Å²) in [7, 11) is 0. The number of halogens is 1. The summed E-state index contributed by atoms with van der Waals surface area (Å²) in [6, 6.07) is 4.15. The van der Waals surface area contributed by atoms with Gasteiger partial charge < -0.3 is 4.98 Å². The lowest BCUT2D eigenvalue weighted by atomic mass is 9.95. The highest BCUT2D eigenvalue weighted by Gasteiger charge is 2.18. The van der Waals surface area contributed by atoms with E-state index in [9.17, 15) is 4.79 Å². The summed E-state index contributed by atoms with van der Waals surface area (Å²) < 4.78 is 0.552. The zero-order valence-electron chi connectivity index (χ0n) is 12.2. The minimum Gasteiger partial charge on any atom is -0.305 e. The Morgan fingerprint density at radius 1 is 1.35 bits per heavy atom. The van der Waals surface area contributed by atoms with Crippen LogP contribution in [-0.4, -0.2) is 9.97 Å². The van der Waals surface area contributed by atoms with Crippen molar-refractivity contribution < 1.29 is 0 Å². The van der Waals surface area contributed by atoms with Crippen molar-refractivity contribution in [1.29, 1.82) is 0 Å². The van der Waals surface area contributed by atoms with E-state index in [4.69, 9.17) is 0 Å². The van der Waals surface area contributed by atoms with E-state index in [1.807, 2.05) is 6.07 Å². The third-order valence-corrected chi connectivity index (χ3v) is 5.33. The molecule has 0 radical (unpaired) electrons. The number of aromatic nitrogens is 2. The van der Waals surface area contributed by atoms with Gasteiger partial charge in [-0.25, -0.2) is 4.98 Å². The smallest absolute Gasteiger partial charge is 0.265 e. The first-order valence-corrected chi connectivity index (χ1v) is 8.33. The highest BCUT2D eigenvalue weighted by Crippen LogP contribution is 2.33. The molecule has 0 spiro atoms. The lowest BCUT2D eigenvalue weighted by Crippen LogP contribution is -2.13. The molecular weight excluding hydrogens is 336 g/mol. The molecule has 0 aliphatic carbocycles. The Labute approximate surface area is 131 Å². The summed E-state index contributed by atoms with van der Waals surface area (Å²) in [6.07, 6.45) is 1.77. The highest BCUT2D eigenvalue weighted by molar-refractivity contribution is 9.10. The lowest BCUT2D eigenvalue weighted by Gasteiger charge is -2.15. The molecule has 2 aromatic rings. The molecule has 3 nitrogen and oxygen atoms in total. The lowest BCUT2D eigenvalue weighted by molar-refractivity contribution is 0.604. The second-order valence-electron chi connectivity index (χ2n) is 5.84. The van der Waals surface area contributed by atoms with Crippen molar-refractivity contribution in [2.45, 2.75) is 46.0 Å². The second kappa shape index (κ2) is 5.82. The van der Waals surface area contributed by atoms with Crippen molar-refractivity contribution in [3.63, 3.8) is 0 Å². The molecule has 2 rings (SSSR count). The fourth-order valence-corrected chi connectivity index (χ4v) is 3.29. The topological polar surface area (TPSA) is 45.8 Å². The zero-order valence-corrected chi connectivity index (χ0v) is 14.6. The summed E-state index contributed by atoms with van der Waals surface area (Å²) >= 11 is 5.01. The molecule has 0 amide bonds. The van der Waals surface area contributed by atoms with E-state index in [0.29, 0.717) is 10.3 Å². The van der Waals surface area contributed by atoms with Crippen LogP contribution in [0, 0.1) is 0 Å². The van der Waals surface area contributed by atoms with Crippen LogP contribution >= 0.6 is 27.3 Å². The first kappa shape index (κ1) is 15.4. The van der Waals surface area contributed by atoms with Crippen LogP contribution in [0.25, 0.3) is 10.7 Å². The Balaban J connectivity index is 2.48. The molecule has 0 unspecified atom stereocenters. The molecule has 0 aliphatic heterocycles. The Bertz CT molecular complexity index is 667. The maximum Gasteiger partial charge on any atom is 0.265 e. The van der Waals surface area contributed by atoms with E-state index in [2.05, 4.69) is 59.7 Å². The average Bonchev–Trinajstić information content (AvgIpc) is 2.84. The molecule has 0 aliphatic rings. The minimum absolute atomic E-state index is 0.107. The van der Waals surface area contributed by atoms with Gasteiger partial charge in [-0.3, -0.25) is 4.79 Å². The van der Waals surface area contributed by atoms with Crippen LogP contribution < -0.4 is 5.56 Å². The molecule has 0 saturated carbocycles. The normalized spacial score (nSPS) is 11.8. The number of thiophene rings is 1. The van der Waals surface area contributed by atoms with Crippen molar-refractivity contribution >= 4 is 27.3 Å². The summed E-state index contributed by atoms with van der Waals surface area (Å²) in [4.78, 5) is 21.7. The van der Waals surface area contributed by atoms with Gasteiger partial charge >= 0.3 is 0 Å². The molecule has 0 fully saturated rings. The molecule has 0 bridgehead atoms. The van der Waals surface area contributed by atoms with Gasteiger partial charge in [-0.15, -0.1) is 11.3 Å². The Morgan fingerprint density at radius 2 is 2.05 bits per heavy atom. The Hall–Kier alpha value is -0.940. The Morgan fingerprint density at radius 3 is 2.60 bits per heavy atom. The summed E-state index contributed by atoms with van der Waals surface area (Å²) in [5, 5.41) is 0. The quantitative estimate of drug-likeness (QED) is 0.880. The van der Waals surface area contributed by atoms with Crippen molar-refractivity contribution in [3.05, 3.63) is 37.5 Å². The number of hydrogen-bond acceptors (Lipinski definition) is 3. The zero-order chi connectivity index (χ0) is 14.9. The van der Waals surface area contributed by atoms with Crippen LogP contribution in [0.2, 0.25) is 0 Å². The van der Waals surface area contributed by atoms with Gasteiger partial charge in [0, 0.05) is 4.88 Å². The third kappa shape index (κ3) is 3.20. The molecule has 0 aromatic carbocycles. The van der Waals surface area contributed by atoms with E-state index in [0.717, 1.165) is 23.4 Å². The first-order valence-electron chi connectivity index (χ1n) is 6.72. The van der Waals surface area contributed by atoms with Gasteiger partial charge in [-0.1, -0.05) is 34.1 Å². The van der Waals surface area contributed by atoms with E-state index in [-0.39, 0.29) is 11.0 Å². The molecule has 0 saturated heterocycles. The highest BCUT2D eigenvalue weighted by atomic mass is 79.9. The van der Waals surface area contributed by atoms with Crippen LogP contribution in [0.4, 0.5) is 0 Å². The van der Waals surface area contributed by atoms with Gasteiger partial charge in [0.2, 0.25) is 0 Å². The molecular formula is C15H19BrN2OS. The van der Waals surface area contributed by atoms with E-state index in [1.165, 1.54) is 4.88 Å². The monoisotopic (exact) mass is 354 g/mol. The van der Waals surface area contributed by atoms with Gasteiger partial charge in [0.25, 0.3) is 5.56 Å². The molecule has 108 valence electrons.